The lowest BCUT2D eigenvalue weighted by Crippen LogP contribution is -2.26. The first-order chi connectivity index (χ1) is 7.84. The molecule has 2 nitrogen and oxygen atoms in total. The van der Waals surface area contributed by atoms with Gasteiger partial charge in [0.2, 0.25) is 0 Å². The van der Waals surface area contributed by atoms with Crippen molar-refractivity contribution in [2.45, 2.75) is 12.8 Å². The molecule has 0 radical (unpaired) electrons. The summed E-state index contributed by atoms with van der Waals surface area (Å²) in [6, 6.07) is 10.7. The van der Waals surface area contributed by atoms with Gasteiger partial charge >= 0.3 is 0 Å². The van der Waals surface area contributed by atoms with Gasteiger partial charge in [0, 0.05) is 6.54 Å². The maximum absolute atomic E-state index is 3.57. The lowest BCUT2D eigenvalue weighted by molar-refractivity contribution is 0.389. The molecule has 0 amide bonds. The van der Waals surface area contributed by atoms with Crippen LogP contribution in [0.5, 0.6) is 0 Å². The maximum atomic E-state index is 3.57. The average molecular weight is 218 g/mol. The number of rotatable bonds is 5. The standard InChI is InChI=1S/C14H22N2/c1-16-10-8-14(12-16)11-15-9-7-13-5-3-2-4-6-13/h2-6,14-15H,7-12H2,1H3. The third-order valence-corrected chi connectivity index (χ3v) is 3.36. The second-order valence-electron chi connectivity index (χ2n) is 4.86. The van der Waals surface area contributed by atoms with Crippen molar-refractivity contribution in [1.82, 2.24) is 10.2 Å². The molecule has 1 aromatic carbocycles. The van der Waals surface area contributed by atoms with Crippen molar-refractivity contribution in [1.29, 1.82) is 0 Å². The Balaban J connectivity index is 1.59. The molecule has 88 valence electrons. The summed E-state index contributed by atoms with van der Waals surface area (Å²) in [4.78, 5) is 2.42. The second-order valence-corrected chi connectivity index (χ2v) is 4.86. The van der Waals surface area contributed by atoms with Crippen molar-refractivity contribution < 1.29 is 0 Å². The Bertz CT molecular complexity index is 297. The number of hydrogen-bond acceptors (Lipinski definition) is 2. The highest BCUT2D eigenvalue weighted by atomic mass is 15.1. The SMILES string of the molecule is CN1CCC(CNCCc2ccccc2)C1. The van der Waals surface area contributed by atoms with Gasteiger partial charge in [-0.25, -0.2) is 0 Å². The van der Waals surface area contributed by atoms with Gasteiger partial charge in [-0.3, -0.25) is 0 Å². The lowest BCUT2D eigenvalue weighted by atomic mass is 10.1. The smallest absolute Gasteiger partial charge is 0.00192 e. The Morgan fingerprint density at radius 3 is 2.81 bits per heavy atom. The van der Waals surface area contributed by atoms with Gasteiger partial charge in [-0.05, 0) is 51.0 Å². The van der Waals surface area contributed by atoms with E-state index in [0.717, 1.165) is 18.9 Å². The first kappa shape index (κ1) is 11.6. The van der Waals surface area contributed by atoms with Crippen LogP contribution in [0.4, 0.5) is 0 Å². The Morgan fingerprint density at radius 1 is 1.31 bits per heavy atom. The second kappa shape index (κ2) is 6.02. The van der Waals surface area contributed by atoms with Gasteiger partial charge in [-0.1, -0.05) is 30.3 Å². The highest BCUT2D eigenvalue weighted by molar-refractivity contribution is 5.14. The number of nitrogens with zero attached hydrogens (tertiary/aromatic N) is 1. The predicted octanol–water partition coefficient (Wildman–Crippen LogP) is 1.77. The molecule has 1 aromatic rings. The van der Waals surface area contributed by atoms with Crippen LogP contribution in [0.15, 0.2) is 30.3 Å². The van der Waals surface area contributed by atoms with E-state index in [1.165, 1.54) is 31.6 Å². The van der Waals surface area contributed by atoms with Gasteiger partial charge in [0.25, 0.3) is 0 Å². The topological polar surface area (TPSA) is 15.3 Å². The molecule has 2 rings (SSSR count). The molecule has 1 aliphatic rings. The summed E-state index contributed by atoms with van der Waals surface area (Å²) in [5.41, 5.74) is 1.43. The first-order valence-electron chi connectivity index (χ1n) is 6.28. The third-order valence-electron chi connectivity index (χ3n) is 3.36. The first-order valence-corrected chi connectivity index (χ1v) is 6.28. The molecular weight excluding hydrogens is 196 g/mol. The molecule has 0 aromatic heterocycles. The van der Waals surface area contributed by atoms with E-state index >= 15 is 0 Å². The Kier molecular flexibility index (Phi) is 4.37. The van der Waals surface area contributed by atoms with Crippen LogP contribution in [0, 0.1) is 5.92 Å². The van der Waals surface area contributed by atoms with E-state index in [1.807, 2.05) is 0 Å². The Morgan fingerprint density at radius 2 is 2.12 bits per heavy atom. The molecule has 1 aliphatic heterocycles. The minimum atomic E-state index is 0.862. The normalized spacial score (nSPS) is 21.4. The molecule has 1 fully saturated rings. The molecule has 2 heteroatoms. The molecule has 1 N–H and O–H groups in total. The fraction of sp³-hybridized carbons (Fsp3) is 0.571. The highest BCUT2D eigenvalue weighted by Gasteiger charge is 2.18. The molecule has 0 spiro atoms. The molecule has 0 saturated carbocycles. The summed E-state index contributed by atoms with van der Waals surface area (Å²) >= 11 is 0. The predicted molar refractivity (Wildman–Crippen MR) is 68.6 cm³/mol. The molecule has 1 saturated heterocycles. The van der Waals surface area contributed by atoms with Crippen molar-refractivity contribution in [3.8, 4) is 0 Å². The van der Waals surface area contributed by atoms with E-state index in [0.29, 0.717) is 0 Å². The molecule has 1 heterocycles. The zero-order valence-electron chi connectivity index (χ0n) is 10.2. The number of hydrogen-bond donors (Lipinski definition) is 1. The van der Waals surface area contributed by atoms with E-state index < -0.39 is 0 Å². The average Bonchev–Trinajstić information content (AvgIpc) is 2.72. The van der Waals surface area contributed by atoms with Gasteiger partial charge in [-0.2, -0.15) is 0 Å². The molecular formula is C14H22N2. The van der Waals surface area contributed by atoms with Gasteiger partial charge in [0.05, 0.1) is 0 Å². The molecule has 1 atom stereocenters. The summed E-state index contributed by atoms with van der Waals surface area (Å²) in [6.07, 6.45) is 2.50. The van der Waals surface area contributed by atoms with E-state index in [-0.39, 0.29) is 0 Å². The minimum Gasteiger partial charge on any atom is -0.316 e. The molecule has 0 aliphatic carbocycles. The van der Waals surface area contributed by atoms with Crippen LogP contribution in [0.1, 0.15) is 12.0 Å². The largest absolute Gasteiger partial charge is 0.316 e. The summed E-state index contributed by atoms with van der Waals surface area (Å²) in [6.45, 7) is 4.81. The number of benzene rings is 1. The Labute approximate surface area is 98.7 Å². The van der Waals surface area contributed by atoms with Gasteiger partial charge < -0.3 is 10.2 Å². The van der Waals surface area contributed by atoms with Crippen LogP contribution in [-0.4, -0.2) is 38.1 Å². The van der Waals surface area contributed by atoms with E-state index in [4.69, 9.17) is 0 Å². The molecule has 1 unspecified atom stereocenters. The van der Waals surface area contributed by atoms with Crippen LogP contribution < -0.4 is 5.32 Å². The summed E-state index contributed by atoms with van der Waals surface area (Å²) in [5, 5.41) is 3.57. The van der Waals surface area contributed by atoms with E-state index in [9.17, 15) is 0 Å². The van der Waals surface area contributed by atoms with Crippen LogP contribution in [0.3, 0.4) is 0 Å². The van der Waals surface area contributed by atoms with Crippen LogP contribution in [-0.2, 0) is 6.42 Å². The fourth-order valence-corrected chi connectivity index (χ4v) is 2.38. The number of likely N-dealkylation sites (tertiary alicyclic amines) is 1. The van der Waals surface area contributed by atoms with E-state index in [1.54, 1.807) is 0 Å². The number of nitrogens with one attached hydrogen (secondary N) is 1. The van der Waals surface area contributed by atoms with Crippen molar-refractivity contribution in [3.63, 3.8) is 0 Å². The zero-order valence-corrected chi connectivity index (χ0v) is 10.2. The molecule has 0 bridgehead atoms. The van der Waals surface area contributed by atoms with Crippen molar-refractivity contribution in [2.24, 2.45) is 5.92 Å². The maximum Gasteiger partial charge on any atom is 0.00192 e. The quantitative estimate of drug-likeness (QED) is 0.758. The lowest BCUT2D eigenvalue weighted by Gasteiger charge is -2.11. The Hall–Kier alpha value is -0.860. The minimum absolute atomic E-state index is 0.862. The van der Waals surface area contributed by atoms with Crippen molar-refractivity contribution in [2.75, 3.05) is 33.2 Å². The van der Waals surface area contributed by atoms with Gasteiger partial charge in [0.15, 0.2) is 0 Å². The van der Waals surface area contributed by atoms with Crippen LogP contribution >= 0.6 is 0 Å². The monoisotopic (exact) mass is 218 g/mol. The third kappa shape index (κ3) is 3.62. The van der Waals surface area contributed by atoms with Gasteiger partial charge in [0.1, 0.15) is 0 Å². The summed E-state index contributed by atoms with van der Waals surface area (Å²) < 4.78 is 0. The summed E-state index contributed by atoms with van der Waals surface area (Å²) in [7, 11) is 2.21. The van der Waals surface area contributed by atoms with Crippen molar-refractivity contribution in [3.05, 3.63) is 35.9 Å². The molecule has 16 heavy (non-hydrogen) atoms. The van der Waals surface area contributed by atoms with Crippen LogP contribution in [0.25, 0.3) is 0 Å². The van der Waals surface area contributed by atoms with E-state index in [2.05, 4.69) is 47.6 Å². The van der Waals surface area contributed by atoms with Gasteiger partial charge in [-0.15, -0.1) is 0 Å². The van der Waals surface area contributed by atoms with Crippen molar-refractivity contribution >= 4 is 0 Å². The zero-order chi connectivity index (χ0) is 11.2. The fourth-order valence-electron chi connectivity index (χ4n) is 2.38. The summed E-state index contributed by atoms with van der Waals surface area (Å²) in [5.74, 6) is 0.862. The highest BCUT2D eigenvalue weighted by Crippen LogP contribution is 2.12. The van der Waals surface area contributed by atoms with Crippen LogP contribution in [0.2, 0.25) is 0 Å².